The monoisotopic (exact) mass is 261 g/mol. The smallest absolute Gasteiger partial charge is 0.258 e. The van der Waals surface area contributed by atoms with Gasteiger partial charge in [0.1, 0.15) is 13.2 Å². The Bertz CT molecular complexity index is 526. The van der Waals surface area contributed by atoms with Crippen LogP contribution >= 0.6 is 0 Å². The normalized spacial score (nSPS) is 18.3. The molecule has 5 nitrogen and oxygen atoms in total. The van der Waals surface area contributed by atoms with Crippen molar-refractivity contribution in [2.24, 2.45) is 0 Å². The van der Waals surface area contributed by atoms with E-state index in [1.807, 2.05) is 0 Å². The van der Waals surface area contributed by atoms with Crippen LogP contribution in [0, 0.1) is 0 Å². The fourth-order valence-electron chi connectivity index (χ4n) is 2.42. The lowest BCUT2D eigenvalue weighted by Gasteiger charge is -2.27. The molecule has 1 fully saturated rings. The van der Waals surface area contributed by atoms with Crippen molar-refractivity contribution in [1.29, 1.82) is 0 Å². The second kappa shape index (κ2) is 4.91. The number of carbonyl (C=O) groups excluding carboxylic acids is 2. The summed E-state index contributed by atoms with van der Waals surface area (Å²) < 4.78 is 11.0. The Labute approximate surface area is 111 Å². The van der Waals surface area contributed by atoms with E-state index in [0.29, 0.717) is 43.2 Å². The van der Waals surface area contributed by atoms with Crippen molar-refractivity contribution in [2.75, 3.05) is 26.3 Å². The van der Waals surface area contributed by atoms with E-state index in [-0.39, 0.29) is 18.2 Å². The number of carbonyl (C=O) groups is 2. The SMILES string of the molecule is O=C1CCCN(C(=O)c2cccc3c2OCCO3)C1. The summed E-state index contributed by atoms with van der Waals surface area (Å²) in [4.78, 5) is 25.5. The number of ether oxygens (including phenoxy) is 2. The van der Waals surface area contributed by atoms with Gasteiger partial charge >= 0.3 is 0 Å². The average molecular weight is 261 g/mol. The number of hydrogen-bond donors (Lipinski definition) is 0. The fraction of sp³-hybridized carbons (Fsp3) is 0.429. The Morgan fingerprint density at radius 2 is 2.05 bits per heavy atom. The third-order valence-electron chi connectivity index (χ3n) is 3.33. The first-order chi connectivity index (χ1) is 9.25. The van der Waals surface area contributed by atoms with Crippen LogP contribution in [0.5, 0.6) is 11.5 Å². The van der Waals surface area contributed by atoms with Crippen molar-refractivity contribution < 1.29 is 19.1 Å². The summed E-state index contributed by atoms with van der Waals surface area (Å²) in [6.45, 7) is 1.75. The number of benzene rings is 1. The van der Waals surface area contributed by atoms with Gasteiger partial charge in [-0.3, -0.25) is 9.59 Å². The van der Waals surface area contributed by atoms with Crippen molar-refractivity contribution >= 4 is 11.7 Å². The quantitative estimate of drug-likeness (QED) is 0.763. The topological polar surface area (TPSA) is 55.8 Å². The van der Waals surface area contributed by atoms with Crippen LogP contribution in [0.4, 0.5) is 0 Å². The summed E-state index contributed by atoms with van der Waals surface area (Å²) in [6.07, 6.45) is 1.30. The van der Waals surface area contributed by atoms with E-state index < -0.39 is 0 Å². The van der Waals surface area contributed by atoms with Crippen molar-refractivity contribution in [3.05, 3.63) is 23.8 Å². The van der Waals surface area contributed by atoms with E-state index in [2.05, 4.69) is 0 Å². The Morgan fingerprint density at radius 3 is 2.89 bits per heavy atom. The first-order valence-electron chi connectivity index (χ1n) is 6.45. The molecule has 2 aliphatic rings. The van der Waals surface area contributed by atoms with E-state index in [4.69, 9.17) is 9.47 Å². The van der Waals surface area contributed by atoms with Gasteiger partial charge in [-0.25, -0.2) is 0 Å². The van der Waals surface area contributed by atoms with Gasteiger partial charge in [-0.2, -0.15) is 0 Å². The molecule has 0 unspecified atom stereocenters. The Hall–Kier alpha value is -2.04. The standard InChI is InChI=1S/C14H15NO4/c16-10-3-2-6-15(9-10)14(17)11-4-1-5-12-13(11)19-8-7-18-12/h1,4-5H,2-3,6-9H2. The van der Waals surface area contributed by atoms with Gasteiger partial charge in [0.2, 0.25) is 0 Å². The molecule has 100 valence electrons. The van der Waals surface area contributed by atoms with Gasteiger partial charge < -0.3 is 14.4 Å². The number of Topliss-reactive ketones (excluding diaryl/α,β-unsaturated/α-hetero) is 1. The van der Waals surface area contributed by atoms with E-state index in [1.54, 1.807) is 23.1 Å². The molecule has 3 rings (SSSR count). The number of likely N-dealkylation sites (tertiary alicyclic amines) is 1. The highest BCUT2D eigenvalue weighted by molar-refractivity contribution is 6.00. The zero-order chi connectivity index (χ0) is 13.2. The molecule has 1 amide bonds. The predicted molar refractivity (Wildman–Crippen MR) is 67.6 cm³/mol. The van der Waals surface area contributed by atoms with E-state index >= 15 is 0 Å². The van der Waals surface area contributed by atoms with Gasteiger partial charge in [0.05, 0.1) is 12.1 Å². The minimum Gasteiger partial charge on any atom is -0.486 e. The lowest BCUT2D eigenvalue weighted by molar-refractivity contribution is -0.121. The van der Waals surface area contributed by atoms with Crippen LogP contribution in [0.15, 0.2) is 18.2 Å². The highest BCUT2D eigenvalue weighted by Gasteiger charge is 2.27. The molecule has 19 heavy (non-hydrogen) atoms. The molecule has 1 aromatic rings. The van der Waals surface area contributed by atoms with Crippen LogP contribution in [-0.4, -0.2) is 42.9 Å². The van der Waals surface area contributed by atoms with Gasteiger partial charge in [0.15, 0.2) is 17.3 Å². The molecule has 0 aromatic heterocycles. The van der Waals surface area contributed by atoms with Crippen LogP contribution in [-0.2, 0) is 4.79 Å². The molecular formula is C14H15NO4. The summed E-state index contributed by atoms with van der Waals surface area (Å²) >= 11 is 0. The second-order valence-electron chi connectivity index (χ2n) is 4.70. The first-order valence-corrected chi connectivity index (χ1v) is 6.45. The van der Waals surface area contributed by atoms with Gasteiger partial charge in [0.25, 0.3) is 5.91 Å². The molecule has 0 spiro atoms. The van der Waals surface area contributed by atoms with Crippen molar-refractivity contribution in [3.8, 4) is 11.5 Å². The minimum absolute atomic E-state index is 0.113. The number of amides is 1. The van der Waals surface area contributed by atoms with Gasteiger partial charge in [0, 0.05) is 13.0 Å². The number of hydrogen-bond acceptors (Lipinski definition) is 4. The molecule has 0 saturated carbocycles. The van der Waals surface area contributed by atoms with Crippen LogP contribution in [0.3, 0.4) is 0 Å². The van der Waals surface area contributed by atoms with Crippen LogP contribution in [0.1, 0.15) is 23.2 Å². The highest BCUT2D eigenvalue weighted by Crippen LogP contribution is 2.34. The number of para-hydroxylation sites is 1. The Kier molecular flexibility index (Phi) is 3.11. The summed E-state index contributed by atoms with van der Waals surface area (Å²) in [5, 5.41) is 0. The van der Waals surface area contributed by atoms with E-state index in [0.717, 1.165) is 6.42 Å². The van der Waals surface area contributed by atoms with Crippen LogP contribution < -0.4 is 9.47 Å². The summed E-state index contributed by atoms with van der Waals surface area (Å²) in [5.74, 6) is 1.05. The predicted octanol–water partition coefficient (Wildman–Crippen LogP) is 1.26. The fourth-order valence-corrected chi connectivity index (χ4v) is 2.42. The van der Waals surface area contributed by atoms with E-state index in [9.17, 15) is 9.59 Å². The highest BCUT2D eigenvalue weighted by atomic mass is 16.6. The van der Waals surface area contributed by atoms with Crippen molar-refractivity contribution in [3.63, 3.8) is 0 Å². The molecule has 1 aromatic carbocycles. The van der Waals surface area contributed by atoms with Crippen LogP contribution in [0.25, 0.3) is 0 Å². The van der Waals surface area contributed by atoms with Crippen LogP contribution in [0.2, 0.25) is 0 Å². The molecule has 1 saturated heterocycles. The maximum absolute atomic E-state index is 12.5. The lowest BCUT2D eigenvalue weighted by Crippen LogP contribution is -2.40. The lowest BCUT2D eigenvalue weighted by atomic mass is 10.1. The molecule has 0 N–H and O–H groups in total. The molecule has 0 radical (unpaired) electrons. The number of nitrogens with zero attached hydrogens (tertiary/aromatic N) is 1. The molecule has 0 bridgehead atoms. The second-order valence-corrected chi connectivity index (χ2v) is 4.70. The Morgan fingerprint density at radius 1 is 1.21 bits per heavy atom. The molecule has 5 heteroatoms. The third kappa shape index (κ3) is 2.28. The van der Waals surface area contributed by atoms with Gasteiger partial charge in [-0.05, 0) is 18.6 Å². The summed E-state index contributed by atoms with van der Waals surface area (Å²) in [6, 6.07) is 5.27. The van der Waals surface area contributed by atoms with Gasteiger partial charge in [-0.15, -0.1) is 0 Å². The molecular weight excluding hydrogens is 246 g/mol. The maximum Gasteiger partial charge on any atom is 0.258 e. The van der Waals surface area contributed by atoms with Crippen molar-refractivity contribution in [2.45, 2.75) is 12.8 Å². The largest absolute Gasteiger partial charge is 0.486 e. The first kappa shape index (κ1) is 12.0. The molecule has 0 aliphatic carbocycles. The van der Waals surface area contributed by atoms with Gasteiger partial charge in [-0.1, -0.05) is 6.07 Å². The number of fused-ring (bicyclic) bond motifs is 1. The molecule has 0 atom stereocenters. The Balaban J connectivity index is 1.89. The minimum atomic E-state index is -0.157. The van der Waals surface area contributed by atoms with Crippen molar-refractivity contribution in [1.82, 2.24) is 4.90 Å². The average Bonchev–Trinajstić information content (AvgIpc) is 2.46. The zero-order valence-corrected chi connectivity index (χ0v) is 10.6. The number of rotatable bonds is 1. The number of ketones is 1. The third-order valence-corrected chi connectivity index (χ3v) is 3.33. The zero-order valence-electron chi connectivity index (χ0n) is 10.6. The summed E-state index contributed by atoms with van der Waals surface area (Å²) in [7, 11) is 0. The molecule has 2 aliphatic heterocycles. The maximum atomic E-state index is 12.5. The molecule has 2 heterocycles. The summed E-state index contributed by atoms with van der Waals surface area (Å²) in [5.41, 5.74) is 0.479. The number of piperidine rings is 1. The van der Waals surface area contributed by atoms with E-state index in [1.165, 1.54) is 0 Å².